The molecule has 104 valence electrons. The molecule has 21 heavy (non-hydrogen) atoms. The molecule has 1 aromatic carbocycles. The number of nitrogens with zero attached hydrogens (tertiary/aromatic N) is 2. The zero-order valence-corrected chi connectivity index (χ0v) is 11.5. The third-order valence-electron chi connectivity index (χ3n) is 4.03. The summed E-state index contributed by atoms with van der Waals surface area (Å²) in [6, 6.07) is 14.1. The molecule has 1 amide bonds. The average molecular weight is 277 g/mol. The van der Waals surface area contributed by atoms with Gasteiger partial charge >= 0.3 is 0 Å². The van der Waals surface area contributed by atoms with Crippen molar-refractivity contribution >= 4 is 11.6 Å². The van der Waals surface area contributed by atoms with Crippen LogP contribution in [0.1, 0.15) is 34.1 Å². The molecule has 0 saturated heterocycles. The van der Waals surface area contributed by atoms with E-state index in [2.05, 4.69) is 22.4 Å². The fourth-order valence-corrected chi connectivity index (χ4v) is 2.98. The van der Waals surface area contributed by atoms with Crippen LogP contribution >= 0.6 is 0 Å². The number of pyridine rings is 1. The van der Waals surface area contributed by atoms with E-state index >= 15 is 0 Å². The van der Waals surface area contributed by atoms with E-state index < -0.39 is 0 Å². The van der Waals surface area contributed by atoms with Gasteiger partial charge in [-0.3, -0.25) is 4.79 Å². The highest BCUT2D eigenvalue weighted by Gasteiger charge is 2.24. The molecule has 4 nitrogen and oxygen atoms in total. The lowest BCUT2D eigenvalue weighted by Gasteiger charge is -2.12. The van der Waals surface area contributed by atoms with Crippen LogP contribution in [0.4, 0.5) is 0 Å². The zero-order chi connectivity index (χ0) is 14.2. The molecule has 1 N–H and O–H groups in total. The van der Waals surface area contributed by atoms with Gasteiger partial charge in [0.05, 0.1) is 6.04 Å². The van der Waals surface area contributed by atoms with Crippen LogP contribution in [0.2, 0.25) is 0 Å². The maximum Gasteiger partial charge on any atom is 0.271 e. The Labute approximate surface area is 122 Å². The summed E-state index contributed by atoms with van der Waals surface area (Å²) in [6.07, 6.45) is 5.64. The number of carbonyl (C=O) groups is 1. The normalized spacial score (nSPS) is 16.9. The number of aryl methyl sites for hydroxylation is 1. The fourth-order valence-electron chi connectivity index (χ4n) is 2.98. The number of hydrogen-bond acceptors (Lipinski definition) is 2. The topological polar surface area (TPSA) is 46.4 Å². The molecule has 1 atom stereocenters. The second-order valence-corrected chi connectivity index (χ2v) is 5.36. The maximum atomic E-state index is 12.4. The van der Waals surface area contributed by atoms with Gasteiger partial charge in [0, 0.05) is 12.4 Å². The number of benzene rings is 1. The van der Waals surface area contributed by atoms with Gasteiger partial charge in [-0.05, 0) is 36.1 Å². The lowest BCUT2D eigenvalue weighted by molar-refractivity contribution is 0.0932. The number of aromatic nitrogens is 2. The van der Waals surface area contributed by atoms with Crippen LogP contribution in [0.25, 0.3) is 5.65 Å². The van der Waals surface area contributed by atoms with Crippen molar-refractivity contribution in [2.75, 3.05) is 0 Å². The lowest BCUT2D eigenvalue weighted by atomic mass is 10.1. The van der Waals surface area contributed by atoms with Crippen molar-refractivity contribution in [3.63, 3.8) is 0 Å². The van der Waals surface area contributed by atoms with Crippen molar-refractivity contribution in [1.82, 2.24) is 14.7 Å². The summed E-state index contributed by atoms with van der Waals surface area (Å²) in [7, 11) is 0. The minimum absolute atomic E-state index is 0.0958. The highest BCUT2D eigenvalue weighted by Crippen LogP contribution is 2.30. The van der Waals surface area contributed by atoms with E-state index in [1.807, 2.05) is 40.9 Å². The van der Waals surface area contributed by atoms with Crippen LogP contribution in [-0.4, -0.2) is 15.3 Å². The zero-order valence-electron chi connectivity index (χ0n) is 11.5. The van der Waals surface area contributed by atoms with Crippen LogP contribution in [0, 0.1) is 0 Å². The Kier molecular flexibility index (Phi) is 2.74. The highest BCUT2D eigenvalue weighted by molar-refractivity contribution is 5.93. The van der Waals surface area contributed by atoms with Crippen molar-refractivity contribution in [2.24, 2.45) is 0 Å². The first-order chi connectivity index (χ1) is 10.3. The summed E-state index contributed by atoms with van der Waals surface area (Å²) >= 11 is 0. The number of nitrogens with one attached hydrogen (secondary N) is 1. The molecule has 0 fully saturated rings. The van der Waals surface area contributed by atoms with Crippen molar-refractivity contribution in [3.05, 3.63) is 71.7 Å². The molecule has 3 aromatic rings. The second kappa shape index (κ2) is 4.74. The molecule has 1 unspecified atom stereocenters. The maximum absolute atomic E-state index is 12.4. The van der Waals surface area contributed by atoms with Gasteiger partial charge in [0.15, 0.2) is 0 Å². The van der Waals surface area contributed by atoms with Crippen LogP contribution in [0.5, 0.6) is 0 Å². The number of rotatable bonds is 2. The Morgan fingerprint density at radius 1 is 1.19 bits per heavy atom. The summed E-state index contributed by atoms with van der Waals surface area (Å²) < 4.78 is 1.86. The molecule has 1 aliphatic rings. The number of fused-ring (bicyclic) bond motifs is 2. The van der Waals surface area contributed by atoms with Gasteiger partial charge in [0.25, 0.3) is 5.91 Å². The van der Waals surface area contributed by atoms with Crippen molar-refractivity contribution in [1.29, 1.82) is 0 Å². The van der Waals surface area contributed by atoms with Gasteiger partial charge in [-0.25, -0.2) is 4.98 Å². The summed E-state index contributed by atoms with van der Waals surface area (Å²) in [5.74, 6) is -0.111. The van der Waals surface area contributed by atoms with Crippen LogP contribution in [-0.2, 0) is 6.42 Å². The smallest absolute Gasteiger partial charge is 0.271 e. The molecule has 0 aliphatic heterocycles. The van der Waals surface area contributed by atoms with E-state index in [1.165, 1.54) is 11.1 Å². The predicted octanol–water partition coefficient (Wildman–Crippen LogP) is 2.75. The van der Waals surface area contributed by atoms with Crippen LogP contribution in [0.15, 0.2) is 54.9 Å². The predicted molar refractivity (Wildman–Crippen MR) is 80.2 cm³/mol. The number of imidazole rings is 1. The standard InChI is InChI=1S/C17H15N3O/c21-17(15-11-20-10-4-3-7-16(20)18-15)19-14-9-8-12-5-1-2-6-13(12)14/h1-7,10-11,14H,8-9H2,(H,19,21). The monoisotopic (exact) mass is 277 g/mol. The molecule has 2 heterocycles. The van der Waals surface area contributed by atoms with E-state index in [4.69, 9.17) is 0 Å². The van der Waals surface area contributed by atoms with Crippen molar-refractivity contribution in [2.45, 2.75) is 18.9 Å². The quantitative estimate of drug-likeness (QED) is 0.783. The van der Waals surface area contributed by atoms with Crippen LogP contribution < -0.4 is 5.32 Å². The third kappa shape index (κ3) is 2.09. The van der Waals surface area contributed by atoms with E-state index in [1.54, 1.807) is 6.20 Å². The molecule has 0 bridgehead atoms. The molecule has 1 aliphatic carbocycles. The molecular formula is C17H15N3O. The van der Waals surface area contributed by atoms with E-state index in [-0.39, 0.29) is 11.9 Å². The van der Waals surface area contributed by atoms with Gasteiger partial charge < -0.3 is 9.72 Å². The minimum atomic E-state index is -0.111. The molecule has 4 heteroatoms. The summed E-state index contributed by atoms with van der Waals surface area (Å²) in [4.78, 5) is 16.8. The minimum Gasteiger partial charge on any atom is -0.344 e. The van der Waals surface area contributed by atoms with Crippen molar-refractivity contribution < 1.29 is 4.79 Å². The third-order valence-corrected chi connectivity index (χ3v) is 4.03. The molecule has 0 radical (unpaired) electrons. The second-order valence-electron chi connectivity index (χ2n) is 5.36. The van der Waals surface area contributed by atoms with Gasteiger partial charge in [-0.1, -0.05) is 30.3 Å². The Morgan fingerprint density at radius 3 is 2.95 bits per heavy atom. The molecule has 4 rings (SSSR count). The largest absolute Gasteiger partial charge is 0.344 e. The van der Waals surface area contributed by atoms with Gasteiger partial charge in [0.2, 0.25) is 0 Å². The Bertz CT molecular complexity index is 789. The van der Waals surface area contributed by atoms with Crippen molar-refractivity contribution in [3.8, 4) is 0 Å². The Morgan fingerprint density at radius 2 is 2.05 bits per heavy atom. The first-order valence-corrected chi connectivity index (χ1v) is 7.14. The lowest BCUT2D eigenvalue weighted by Crippen LogP contribution is -2.27. The first kappa shape index (κ1) is 12.1. The molecule has 0 spiro atoms. The summed E-state index contributed by atoms with van der Waals surface area (Å²) in [5, 5.41) is 3.10. The fraction of sp³-hybridized carbons (Fsp3) is 0.176. The van der Waals surface area contributed by atoms with E-state index in [0.29, 0.717) is 5.69 Å². The van der Waals surface area contributed by atoms with E-state index in [9.17, 15) is 4.79 Å². The van der Waals surface area contributed by atoms with Crippen LogP contribution in [0.3, 0.4) is 0 Å². The SMILES string of the molecule is O=C(NC1CCc2ccccc21)c1cn2ccccc2n1. The number of carbonyl (C=O) groups excluding carboxylic acids is 1. The van der Waals surface area contributed by atoms with E-state index in [0.717, 1.165) is 18.5 Å². The molecule has 2 aromatic heterocycles. The Balaban J connectivity index is 1.59. The number of hydrogen-bond donors (Lipinski definition) is 1. The summed E-state index contributed by atoms with van der Waals surface area (Å²) in [6.45, 7) is 0. The first-order valence-electron chi connectivity index (χ1n) is 7.14. The molecular weight excluding hydrogens is 262 g/mol. The molecule has 0 saturated carbocycles. The Hall–Kier alpha value is -2.62. The number of amides is 1. The highest BCUT2D eigenvalue weighted by atomic mass is 16.2. The van der Waals surface area contributed by atoms with Gasteiger partial charge in [0.1, 0.15) is 11.3 Å². The van der Waals surface area contributed by atoms with Gasteiger partial charge in [-0.2, -0.15) is 0 Å². The summed E-state index contributed by atoms with van der Waals surface area (Å²) in [5.41, 5.74) is 3.81. The average Bonchev–Trinajstić information content (AvgIpc) is 3.11. The van der Waals surface area contributed by atoms with Gasteiger partial charge in [-0.15, -0.1) is 0 Å².